The monoisotopic (exact) mass is 378 g/mol. The number of benzene rings is 1. The van der Waals surface area contributed by atoms with Crippen LogP contribution in [0, 0.1) is 11.7 Å². The van der Waals surface area contributed by atoms with Crippen LogP contribution in [-0.2, 0) is 25.6 Å². The van der Waals surface area contributed by atoms with Crippen molar-refractivity contribution in [3.63, 3.8) is 0 Å². The first-order chi connectivity index (χ1) is 12.8. The first kappa shape index (κ1) is 20.5. The maximum Gasteiger partial charge on any atom is 0.326 e. The Balaban J connectivity index is 2.13. The summed E-state index contributed by atoms with van der Waals surface area (Å²) >= 11 is 0. The highest BCUT2D eigenvalue weighted by Crippen LogP contribution is 2.24. The largest absolute Gasteiger partial charge is 0.480 e. The Morgan fingerprint density at radius 2 is 2.04 bits per heavy atom. The van der Waals surface area contributed by atoms with Crippen LogP contribution >= 0.6 is 0 Å². The fraction of sp³-hybridized carbons (Fsp3) is 0.474. The predicted molar refractivity (Wildman–Crippen MR) is 94.2 cm³/mol. The molecule has 1 aliphatic carbocycles. The van der Waals surface area contributed by atoms with Gasteiger partial charge in [0, 0.05) is 26.2 Å². The number of Topliss-reactive ketones (excluding diaryl/α,β-unsaturated/α-hetero) is 1. The van der Waals surface area contributed by atoms with Crippen LogP contribution in [0.3, 0.4) is 0 Å². The van der Waals surface area contributed by atoms with Crippen molar-refractivity contribution in [2.24, 2.45) is 5.92 Å². The van der Waals surface area contributed by atoms with Crippen molar-refractivity contribution in [2.75, 3.05) is 0 Å². The molecule has 0 saturated heterocycles. The van der Waals surface area contributed by atoms with Crippen LogP contribution in [0.5, 0.6) is 0 Å². The maximum atomic E-state index is 13.4. The smallest absolute Gasteiger partial charge is 0.326 e. The zero-order valence-corrected chi connectivity index (χ0v) is 15.0. The van der Waals surface area contributed by atoms with Gasteiger partial charge >= 0.3 is 5.97 Å². The summed E-state index contributed by atoms with van der Waals surface area (Å²) in [5.74, 6) is -3.36. The van der Waals surface area contributed by atoms with Crippen LogP contribution in [0.1, 0.15) is 38.2 Å². The maximum absolute atomic E-state index is 13.4. The number of carboxylic acid groups (broad SMARTS) is 1. The van der Waals surface area contributed by atoms with Crippen LogP contribution in [0.15, 0.2) is 24.3 Å². The van der Waals surface area contributed by atoms with Gasteiger partial charge in [-0.15, -0.1) is 0 Å². The first-order valence-electron chi connectivity index (χ1n) is 8.82. The number of halogens is 1. The van der Waals surface area contributed by atoms with Gasteiger partial charge < -0.3 is 15.7 Å². The van der Waals surface area contributed by atoms with Gasteiger partial charge in [0.05, 0.1) is 0 Å². The molecular formula is C19H23FN2O5. The van der Waals surface area contributed by atoms with Gasteiger partial charge in [-0.25, -0.2) is 9.18 Å². The first-order valence-corrected chi connectivity index (χ1v) is 8.82. The van der Waals surface area contributed by atoms with E-state index < -0.39 is 41.6 Å². The van der Waals surface area contributed by atoms with Gasteiger partial charge in [-0.1, -0.05) is 12.1 Å². The summed E-state index contributed by atoms with van der Waals surface area (Å²) in [5.41, 5.74) is 0.489. The minimum absolute atomic E-state index is 0.0130. The fourth-order valence-corrected chi connectivity index (χ4v) is 3.33. The van der Waals surface area contributed by atoms with Gasteiger partial charge in [0.15, 0.2) is 0 Å². The lowest BCUT2D eigenvalue weighted by Gasteiger charge is -2.29. The molecule has 7 nitrogen and oxygen atoms in total. The lowest BCUT2D eigenvalue weighted by Crippen LogP contribution is -2.54. The van der Waals surface area contributed by atoms with Crippen molar-refractivity contribution in [2.45, 2.75) is 51.1 Å². The standard InChI is InChI=1S/C19H23FN2O5/c1-11(23)21-16(9-12-4-2-6-14(20)8-12)18(25)22-17(19(26)27)13-5-3-7-15(24)10-13/h2,4,6,8,13,16-17H,3,5,7,9-10H2,1H3,(H,21,23)(H,22,25)(H,26,27)/t13-,16-,17+/m1/s1. The van der Waals surface area contributed by atoms with Crippen LogP contribution < -0.4 is 10.6 Å². The quantitative estimate of drug-likeness (QED) is 0.660. The molecule has 0 aliphatic heterocycles. The third-order valence-corrected chi connectivity index (χ3v) is 4.58. The zero-order chi connectivity index (χ0) is 20.0. The number of nitrogens with one attached hydrogen (secondary N) is 2. The van der Waals surface area contributed by atoms with Gasteiger partial charge in [0.2, 0.25) is 11.8 Å². The highest BCUT2D eigenvalue weighted by atomic mass is 19.1. The van der Waals surface area contributed by atoms with Crippen molar-refractivity contribution in [1.82, 2.24) is 10.6 Å². The van der Waals surface area contributed by atoms with E-state index in [2.05, 4.69) is 10.6 Å². The Labute approximate surface area is 156 Å². The van der Waals surface area contributed by atoms with E-state index >= 15 is 0 Å². The number of carboxylic acids is 1. The summed E-state index contributed by atoms with van der Waals surface area (Å²) in [7, 11) is 0. The van der Waals surface area contributed by atoms with Crippen LogP contribution in [0.25, 0.3) is 0 Å². The second-order valence-corrected chi connectivity index (χ2v) is 6.81. The average molecular weight is 378 g/mol. The number of carbonyl (C=O) groups excluding carboxylic acids is 3. The molecule has 146 valence electrons. The zero-order valence-electron chi connectivity index (χ0n) is 15.0. The Kier molecular flexibility index (Phi) is 7.04. The molecule has 0 spiro atoms. The second-order valence-electron chi connectivity index (χ2n) is 6.81. The predicted octanol–water partition coefficient (Wildman–Crippen LogP) is 1.20. The van der Waals surface area contributed by atoms with E-state index in [1.807, 2.05) is 0 Å². The van der Waals surface area contributed by atoms with Gasteiger partial charge in [0.25, 0.3) is 0 Å². The van der Waals surface area contributed by atoms with Gasteiger partial charge in [-0.3, -0.25) is 14.4 Å². The topological polar surface area (TPSA) is 113 Å². The molecule has 0 aromatic heterocycles. The molecule has 0 heterocycles. The molecule has 8 heteroatoms. The normalized spacial score (nSPS) is 19.0. The molecule has 1 aromatic rings. The van der Waals surface area contributed by atoms with E-state index in [9.17, 15) is 28.7 Å². The van der Waals surface area contributed by atoms with E-state index in [-0.39, 0.29) is 18.6 Å². The van der Waals surface area contributed by atoms with Crippen molar-refractivity contribution >= 4 is 23.6 Å². The number of hydrogen-bond acceptors (Lipinski definition) is 4. The Morgan fingerprint density at radius 3 is 2.63 bits per heavy atom. The molecule has 2 rings (SSSR count). The molecule has 0 radical (unpaired) electrons. The molecule has 1 aliphatic rings. The lowest BCUT2D eigenvalue weighted by atomic mass is 9.83. The number of aliphatic carboxylic acids is 1. The lowest BCUT2D eigenvalue weighted by molar-refractivity contribution is -0.144. The molecule has 0 bridgehead atoms. The van der Waals surface area contributed by atoms with Crippen molar-refractivity contribution < 1.29 is 28.7 Å². The number of amides is 2. The molecule has 3 N–H and O–H groups in total. The molecule has 1 fully saturated rings. The van der Waals surface area contributed by atoms with E-state index in [0.29, 0.717) is 24.8 Å². The molecule has 1 aromatic carbocycles. The van der Waals surface area contributed by atoms with Gasteiger partial charge in [0.1, 0.15) is 23.7 Å². The summed E-state index contributed by atoms with van der Waals surface area (Å²) in [6.45, 7) is 1.24. The van der Waals surface area contributed by atoms with E-state index in [1.165, 1.54) is 25.1 Å². The minimum atomic E-state index is -1.23. The highest BCUT2D eigenvalue weighted by Gasteiger charge is 2.35. The Bertz CT molecular complexity index is 737. The number of rotatable bonds is 7. The molecule has 27 heavy (non-hydrogen) atoms. The number of carbonyl (C=O) groups is 4. The van der Waals surface area contributed by atoms with E-state index in [1.54, 1.807) is 6.07 Å². The minimum Gasteiger partial charge on any atom is -0.480 e. The molecule has 2 amide bonds. The third kappa shape index (κ3) is 6.16. The fourth-order valence-electron chi connectivity index (χ4n) is 3.33. The molecule has 0 unspecified atom stereocenters. The number of hydrogen-bond donors (Lipinski definition) is 3. The summed E-state index contributed by atoms with van der Waals surface area (Å²) < 4.78 is 13.4. The Morgan fingerprint density at radius 1 is 1.30 bits per heavy atom. The second kappa shape index (κ2) is 9.25. The van der Waals surface area contributed by atoms with Crippen molar-refractivity contribution in [1.29, 1.82) is 0 Å². The van der Waals surface area contributed by atoms with Crippen LogP contribution in [-0.4, -0.2) is 40.8 Å². The molecular weight excluding hydrogens is 355 g/mol. The summed E-state index contributed by atoms with van der Waals surface area (Å²) in [4.78, 5) is 47.4. The van der Waals surface area contributed by atoms with E-state index in [0.717, 1.165) is 0 Å². The van der Waals surface area contributed by atoms with Gasteiger partial charge in [-0.05, 0) is 36.5 Å². The van der Waals surface area contributed by atoms with E-state index in [4.69, 9.17) is 0 Å². The SMILES string of the molecule is CC(=O)N[C@H](Cc1cccc(F)c1)C(=O)N[C@H](C(=O)O)[C@@H]1CCCC(=O)C1. The highest BCUT2D eigenvalue weighted by molar-refractivity contribution is 5.90. The van der Waals surface area contributed by atoms with Crippen LogP contribution in [0.4, 0.5) is 4.39 Å². The molecule has 3 atom stereocenters. The van der Waals surface area contributed by atoms with Crippen LogP contribution in [0.2, 0.25) is 0 Å². The average Bonchev–Trinajstić information content (AvgIpc) is 2.58. The Hall–Kier alpha value is -2.77. The summed E-state index contributed by atoms with van der Waals surface area (Å²) in [6, 6.07) is 3.34. The molecule has 1 saturated carbocycles. The third-order valence-electron chi connectivity index (χ3n) is 4.58. The van der Waals surface area contributed by atoms with Gasteiger partial charge in [-0.2, -0.15) is 0 Å². The summed E-state index contributed by atoms with van der Waals surface area (Å²) in [6.07, 6.45) is 1.65. The number of ketones is 1. The van der Waals surface area contributed by atoms with Crippen molar-refractivity contribution in [3.05, 3.63) is 35.6 Å². The summed E-state index contributed by atoms with van der Waals surface area (Å²) in [5, 5.41) is 14.4. The van der Waals surface area contributed by atoms with Crippen molar-refractivity contribution in [3.8, 4) is 0 Å².